The number of aryl methyl sites for hydroxylation is 1. The minimum absolute atomic E-state index is 0.0872. The van der Waals surface area contributed by atoms with Crippen molar-refractivity contribution in [2.75, 3.05) is 5.73 Å². The number of nitrogens with two attached hydrogens (primary N) is 1. The molecule has 0 aliphatic rings. The van der Waals surface area contributed by atoms with E-state index in [1.807, 2.05) is 13.8 Å². The third kappa shape index (κ3) is 2.03. The zero-order valence-electron chi connectivity index (χ0n) is 10.7. The topological polar surface area (TPSA) is 113 Å². The smallest absolute Gasteiger partial charge is 0.258 e. The van der Waals surface area contributed by atoms with E-state index in [1.165, 1.54) is 17.3 Å². The molecule has 3 aromatic heterocycles. The lowest BCUT2D eigenvalue weighted by Crippen LogP contribution is -2.13. The summed E-state index contributed by atoms with van der Waals surface area (Å²) in [5.41, 5.74) is 7.43. The van der Waals surface area contributed by atoms with Gasteiger partial charge in [0.2, 0.25) is 5.95 Å². The van der Waals surface area contributed by atoms with Crippen LogP contribution in [0.5, 0.6) is 0 Å². The van der Waals surface area contributed by atoms with E-state index >= 15 is 0 Å². The fourth-order valence-electron chi connectivity index (χ4n) is 1.70. The van der Waals surface area contributed by atoms with Crippen molar-refractivity contribution in [3.05, 3.63) is 28.5 Å². The van der Waals surface area contributed by atoms with Crippen molar-refractivity contribution < 1.29 is 0 Å². The molecule has 0 fully saturated rings. The number of aromatic nitrogens is 8. The third-order valence-corrected chi connectivity index (χ3v) is 3.79. The van der Waals surface area contributed by atoms with E-state index in [4.69, 9.17) is 5.73 Å². The van der Waals surface area contributed by atoms with E-state index < -0.39 is 0 Å². The molecule has 3 aromatic rings. The van der Waals surface area contributed by atoms with Gasteiger partial charge in [-0.1, -0.05) is 0 Å². The Bertz CT molecular complexity index is 761. The van der Waals surface area contributed by atoms with Crippen LogP contribution in [0.1, 0.15) is 11.4 Å². The van der Waals surface area contributed by atoms with E-state index in [1.54, 1.807) is 4.68 Å². The molecule has 0 aliphatic heterocycles. The highest BCUT2D eigenvalue weighted by molar-refractivity contribution is 9.10. The summed E-state index contributed by atoms with van der Waals surface area (Å²) in [4.78, 5) is 16.3. The predicted molar refractivity (Wildman–Crippen MR) is 73.5 cm³/mol. The number of hydrogen-bond donors (Lipinski definition) is 1. The lowest BCUT2D eigenvalue weighted by Gasteiger charge is -2.05. The second kappa shape index (κ2) is 4.63. The molecule has 3 rings (SSSR count). The average molecular weight is 336 g/mol. The van der Waals surface area contributed by atoms with Gasteiger partial charge >= 0.3 is 0 Å². The highest BCUT2D eigenvalue weighted by atomic mass is 79.9. The fraction of sp³-hybridized carbons (Fsp3) is 0.200. The number of nitrogens with zero attached hydrogens (tertiary/aromatic N) is 8. The molecule has 0 bridgehead atoms. The molecule has 9 nitrogen and oxygen atoms in total. The second-order valence-electron chi connectivity index (χ2n) is 4.03. The monoisotopic (exact) mass is 335 g/mol. The summed E-state index contributed by atoms with van der Waals surface area (Å²) in [7, 11) is 0. The maximum atomic E-state index is 5.72. The lowest BCUT2D eigenvalue weighted by molar-refractivity contribution is 0.732. The predicted octanol–water partition coefficient (Wildman–Crippen LogP) is 0.600. The Hall–Kier alpha value is -2.36. The highest BCUT2D eigenvalue weighted by Gasteiger charge is 2.15. The number of hydrogen-bond acceptors (Lipinski definition) is 7. The van der Waals surface area contributed by atoms with Crippen LogP contribution < -0.4 is 5.73 Å². The van der Waals surface area contributed by atoms with Crippen molar-refractivity contribution in [2.24, 2.45) is 0 Å². The number of rotatable bonds is 2. The minimum Gasteiger partial charge on any atom is -0.368 e. The normalized spacial score (nSPS) is 10.9. The van der Waals surface area contributed by atoms with E-state index in [-0.39, 0.29) is 11.9 Å². The molecular formula is C10H10BrN9. The molecule has 10 heteroatoms. The maximum absolute atomic E-state index is 5.72. The second-order valence-corrected chi connectivity index (χ2v) is 4.82. The summed E-state index contributed by atoms with van der Waals surface area (Å²) >= 11 is 3.46. The van der Waals surface area contributed by atoms with Crippen molar-refractivity contribution in [3.8, 4) is 11.9 Å². The van der Waals surface area contributed by atoms with Crippen LogP contribution in [0.15, 0.2) is 17.1 Å². The van der Waals surface area contributed by atoms with E-state index in [2.05, 4.69) is 46.1 Å². The summed E-state index contributed by atoms with van der Waals surface area (Å²) in [5.74, 6) is 0.701. The van der Waals surface area contributed by atoms with Gasteiger partial charge < -0.3 is 5.73 Å². The maximum Gasteiger partial charge on any atom is 0.258 e. The molecule has 0 amide bonds. The Balaban J connectivity index is 2.17. The van der Waals surface area contributed by atoms with E-state index in [0.29, 0.717) is 5.95 Å². The molecule has 102 valence electrons. The first kappa shape index (κ1) is 12.7. The average Bonchev–Trinajstić information content (AvgIpc) is 3.03. The Morgan fingerprint density at radius 3 is 2.50 bits per heavy atom. The first-order valence-corrected chi connectivity index (χ1v) is 6.44. The summed E-state index contributed by atoms with van der Waals surface area (Å²) < 4.78 is 3.90. The first-order chi connectivity index (χ1) is 9.56. The van der Waals surface area contributed by atoms with Gasteiger partial charge in [-0.15, -0.1) is 0 Å². The molecule has 0 unspecified atom stereocenters. The molecule has 0 radical (unpaired) electrons. The molecule has 0 aromatic carbocycles. The summed E-state index contributed by atoms with van der Waals surface area (Å²) in [6.07, 6.45) is 2.87. The number of anilines is 1. The third-order valence-electron chi connectivity index (χ3n) is 2.65. The van der Waals surface area contributed by atoms with Gasteiger partial charge in [0.15, 0.2) is 0 Å². The summed E-state index contributed by atoms with van der Waals surface area (Å²) in [5, 5.41) is 8.33. The highest BCUT2D eigenvalue weighted by Crippen LogP contribution is 2.21. The van der Waals surface area contributed by atoms with Crippen LogP contribution >= 0.6 is 15.9 Å². The van der Waals surface area contributed by atoms with Crippen LogP contribution in [-0.2, 0) is 0 Å². The number of nitrogen functional groups attached to an aromatic ring is 1. The van der Waals surface area contributed by atoms with Crippen molar-refractivity contribution in [3.63, 3.8) is 0 Å². The summed E-state index contributed by atoms with van der Waals surface area (Å²) in [6, 6.07) is 0. The Labute approximate surface area is 122 Å². The van der Waals surface area contributed by atoms with Gasteiger partial charge in [-0.05, 0) is 29.8 Å². The Morgan fingerprint density at radius 1 is 1.15 bits per heavy atom. The van der Waals surface area contributed by atoms with Crippen molar-refractivity contribution in [1.29, 1.82) is 0 Å². The minimum atomic E-state index is 0.0872. The van der Waals surface area contributed by atoms with Gasteiger partial charge in [-0.2, -0.15) is 29.8 Å². The fourth-order valence-corrected chi connectivity index (χ4v) is 1.94. The van der Waals surface area contributed by atoms with Gasteiger partial charge in [0.1, 0.15) is 12.7 Å². The zero-order valence-corrected chi connectivity index (χ0v) is 12.3. The number of halogens is 1. The SMILES string of the molecule is Cc1nn(-c2nc(N)nc(-n3cncn3)n2)c(C)c1Br. The lowest BCUT2D eigenvalue weighted by atomic mass is 10.4. The van der Waals surface area contributed by atoms with Crippen molar-refractivity contribution >= 4 is 21.9 Å². The molecule has 3 heterocycles. The molecule has 0 spiro atoms. The van der Waals surface area contributed by atoms with Crippen molar-refractivity contribution in [1.82, 2.24) is 39.5 Å². The van der Waals surface area contributed by atoms with Crippen LogP contribution in [0.2, 0.25) is 0 Å². The van der Waals surface area contributed by atoms with Crippen LogP contribution in [-0.4, -0.2) is 39.5 Å². The van der Waals surface area contributed by atoms with Gasteiger partial charge in [-0.3, -0.25) is 0 Å². The molecule has 0 saturated carbocycles. The first-order valence-electron chi connectivity index (χ1n) is 5.65. The largest absolute Gasteiger partial charge is 0.368 e. The molecule has 0 saturated heterocycles. The van der Waals surface area contributed by atoms with E-state index in [0.717, 1.165) is 15.9 Å². The Kier molecular flexibility index (Phi) is 2.93. The van der Waals surface area contributed by atoms with Crippen LogP contribution in [0.3, 0.4) is 0 Å². The van der Waals surface area contributed by atoms with Gasteiger partial charge in [0.25, 0.3) is 11.9 Å². The van der Waals surface area contributed by atoms with Gasteiger partial charge in [-0.25, -0.2) is 9.67 Å². The summed E-state index contributed by atoms with van der Waals surface area (Å²) in [6.45, 7) is 3.79. The van der Waals surface area contributed by atoms with Crippen LogP contribution in [0.4, 0.5) is 5.95 Å². The molecule has 0 atom stereocenters. The van der Waals surface area contributed by atoms with Crippen molar-refractivity contribution in [2.45, 2.75) is 13.8 Å². The van der Waals surface area contributed by atoms with E-state index in [9.17, 15) is 0 Å². The molecular weight excluding hydrogens is 326 g/mol. The van der Waals surface area contributed by atoms with Gasteiger partial charge in [0, 0.05) is 0 Å². The molecule has 2 N–H and O–H groups in total. The quantitative estimate of drug-likeness (QED) is 0.729. The van der Waals surface area contributed by atoms with Crippen LogP contribution in [0.25, 0.3) is 11.9 Å². The zero-order chi connectivity index (χ0) is 14.3. The standard InChI is InChI=1S/C10H10BrN9/c1-5-7(11)6(2)20(18-5)10-16-8(12)15-9(17-10)19-4-13-3-14-19/h3-4H,1-2H3,(H2,12,15,16,17). The molecule has 20 heavy (non-hydrogen) atoms. The van der Waals surface area contributed by atoms with Gasteiger partial charge in [0.05, 0.1) is 15.9 Å². The van der Waals surface area contributed by atoms with Crippen LogP contribution in [0, 0.1) is 13.8 Å². The molecule has 0 aliphatic carbocycles. The Morgan fingerprint density at radius 2 is 1.90 bits per heavy atom.